The number of rotatable bonds is 3. The molecule has 19 heavy (non-hydrogen) atoms. The maximum atomic E-state index is 5.64. The van der Waals surface area contributed by atoms with Crippen LogP contribution in [0, 0.1) is 5.92 Å². The molecule has 0 unspecified atom stereocenters. The summed E-state index contributed by atoms with van der Waals surface area (Å²) in [5.41, 5.74) is 5.64. The van der Waals surface area contributed by atoms with Gasteiger partial charge in [0.15, 0.2) is 5.82 Å². The van der Waals surface area contributed by atoms with Crippen LogP contribution in [0.4, 0.5) is 5.82 Å². The lowest BCUT2D eigenvalue weighted by Gasteiger charge is -2.32. The third-order valence-electron chi connectivity index (χ3n) is 4.04. The third kappa shape index (κ3) is 2.54. The van der Waals surface area contributed by atoms with Crippen molar-refractivity contribution in [2.24, 2.45) is 11.7 Å². The standard InChI is InChI=1S/C15H20N4/c16-8-5-12-6-9-19(10-7-12)15-14-4-2-1-3-13(14)11-17-18-15/h1-4,11-12H,5-10,16H2. The highest BCUT2D eigenvalue weighted by atomic mass is 15.3. The van der Waals surface area contributed by atoms with E-state index in [1.165, 1.54) is 18.2 Å². The Balaban J connectivity index is 1.82. The number of hydrogen-bond acceptors (Lipinski definition) is 4. The van der Waals surface area contributed by atoms with Crippen LogP contribution in [0.2, 0.25) is 0 Å². The molecule has 0 radical (unpaired) electrons. The fourth-order valence-corrected chi connectivity index (χ4v) is 2.92. The Morgan fingerprint density at radius 1 is 1.21 bits per heavy atom. The molecule has 0 bridgehead atoms. The van der Waals surface area contributed by atoms with E-state index in [-0.39, 0.29) is 0 Å². The molecule has 0 amide bonds. The lowest BCUT2D eigenvalue weighted by atomic mass is 9.93. The molecule has 2 N–H and O–H groups in total. The van der Waals surface area contributed by atoms with Crippen LogP contribution in [-0.2, 0) is 0 Å². The summed E-state index contributed by atoms with van der Waals surface area (Å²) in [5, 5.41) is 10.9. The van der Waals surface area contributed by atoms with Gasteiger partial charge < -0.3 is 10.6 Å². The molecule has 2 heterocycles. The van der Waals surface area contributed by atoms with Crippen molar-refractivity contribution in [3.8, 4) is 0 Å². The van der Waals surface area contributed by atoms with E-state index >= 15 is 0 Å². The molecule has 0 saturated carbocycles. The van der Waals surface area contributed by atoms with E-state index in [2.05, 4.69) is 33.3 Å². The van der Waals surface area contributed by atoms with E-state index in [4.69, 9.17) is 5.73 Å². The van der Waals surface area contributed by atoms with Crippen molar-refractivity contribution >= 4 is 16.6 Å². The van der Waals surface area contributed by atoms with E-state index in [0.717, 1.165) is 43.2 Å². The third-order valence-corrected chi connectivity index (χ3v) is 4.04. The molecule has 1 fully saturated rings. The summed E-state index contributed by atoms with van der Waals surface area (Å²) >= 11 is 0. The SMILES string of the molecule is NCCC1CCN(c2nncc3ccccc23)CC1. The zero-order valence-corrected chi connectivity index (χ0v) is 11.1. The van der Waals surface area contributed by atoms with Crippen LogP contribution in [0.5, 0.6) is 0 Å². The molecule has 4 heteroatoms. The number of fused-ring (bicyclic) bond motifs is 1. The minimum Gasteiger partial charge on any atom is -0.355 e. The molecule has 2 aromatic rings. The van der Waals surface area contributed by atoms with Crippen molar-refractivity contribution in [3.05, 3.63) is 30.5 Å². The summed E-state index contributed by atoms with van der Waals surface area (Å²) < 4.78 is 0. The normalized spacial score (nSPS) is 17.0. The predicted molar refractivity (Wildman–Crippen MR) is 78.1 cm³/mol. The summed E-state index contributed by atoms with van der Waals surface area (Å²) in [6.07, 6.45) is 5.40. The maximum Gasteiger partial charge on any atom is 0.159 e. The van der Waals surface area contributed by atoms with E-state index in [0.29, 0.717) is 0 Å². The highest BCUT2D eigenvalue weighted by molar-refractivity contribution is 5.91. The van der Waals surface area contributed by atoms with Crippen LogP contribution in [0.1, 0.15) is 19.3 Å². The Bertz CT molecular complexity index is 541. The number of hydrogen-bond donors (Lipinski definition) is 1. The second-order valence-corrected chi connectivity index (χ2v) is 5.26. The van der Waals surface area contributed by atoms with Crippen molar-refractivity contribution in [2.45, 2.75) is 19.3 Å². The van der Waals surface area contributed by atoms with Gasteiger partial charge in [-0.25, -0.2) is 0 Å². The molecule has 1 saturated heterocycles. The lowest BCUT2D eigenvalue weighted by Crippen LogP contribution is -2.35. The summed E-state index contributed by atoms with van der Waals surface area (Å²) in [5.74, 6) is 1.81. The minimum atomic E-state index is 0.782. The molecule has 1 aliphatic heterocycles. The van der Waals surface area contributed by atoms with Gasteiger partial charge in [-0.2, -0.15) is 5.10 Å². The molecule has 100 valence electrons. The van der Waals surface area contributed by atoms with E-state index in [9.17, 15) is 0 Å². The predicted octanol–water partition coefficient (Wildman–Crippen LogP) is 2.20. The largest absolute Gasteiger partial charge is 0.355 e. The average Bonchev–Trinajstić information content (AvgIpc) is 2.48. The zero-order chi connectivity index (χ0) is 13.1. The quantitative estimate of drug-likeness (QED) is 0.914. The fourth-order valence-electron chi connectivity index (χ4n) is 2.92. The zero-order valence-electron chi connectivity index (χ0n) is 11.1. The van der Waals surface area contributed by atoms with Gasteiger partial charge in [-0.3, -0.25) is 0 Å². The van der Waals surface area contributed by atoms with E-state index in [1.807, 2.05) is 12.3 Å². The van der Waals surface area contributed by atoms with Crippen LogP contribution in [0.25, 0.3) is 10.8 Å². The van der Waals surface area contributed by atoms with Crippen LogP contribution in [-0.4, -0.2) is 29.8 Å². The Kier molecular flexibility index (Phi) is 3.60. The number of benzene rings is 1. The Labute approximate surface area is 113 Å². The Morgan fingerprint density at radius 2 is 2.00 bits per heavy atom. The van der Waals surface area contributed by atoms with Gasteiger partial charge >= 0.3 is 0 Å². The molecule has 1 aliphatic rings. The van der Waals surface area contributed by atoms with E-state index in [1.54, 1.807) is 0 Å². The highest BCUT2D eigenvalue weighted by Gasteiger charge is 2.21. The van der Waals surface area contributed by atoms with Crippen molar-refractivity contribution in [2.75, 3.05) is 24.5 Å². The topological polar surface area (TPSA) is 55.0 Å². The molecule has 0 spiro atoms. The first-order chi connectivity index (χ1) is 9.38. The summed E-state index contributed by atoms with van der Waals surface area (Å²) in [7, 11) is 0. The van der Waals surface area contributed by atoms with Crippen molar-refractivity contribution < 1.29 is 0 Å². The maximum absolute atomic E-state index is 5.64. The number of piperidine rings is 1. The number of nitrogens with two attached hydrogens (primary N) is 1. The molecular formula is C15H20N4. The van der Waals surface area contributed by atoms with Gasteiger partial charge in [-0.15, -0.1) is 5.10 Å². The van der Waals surface area contributed by atoms with Gasteiger partial charge in [0.2, 0.25) is 0 Å². The van der Waals surface area contributed by atoms with Crippen LogP contribution >= 0.6 is 0 Å². The molecule has 1 aromatic carbocycles. The Hall–Kier alpha value is -1.68. The van der Waals surface area contributed by atoms with Crippen LogP contribution in [0.3, 0.4) is 0 Å². The smallest absolute Gasteiger partial charge is 0.159 e. The van der Waals surface area contributed by atoms with Gasteiger partial charge in [-0.05, 0) is 31.7 Å². The highest BCUT2D eigenvalue weighted by Crippen LogP contribution is 2.28. The van der Waals surface area contributed by atoms with Crippen LogP contribution in [0.15, 0.2) is 30.5 Å². The van der Waals surface area contributed by atoms with Gasteiger partial charge in [0.1, 0.15) is 0 Å². The van der Waals surface area contributed by atoms with Gasteiger partial charge in [-0.1, -0.05) is 24.3 Å². The second-order valence-electron chi connectivity index (χ2n) is 5.26. The number of anilines is 1. The molecule has 0 aliphatic carbocycles. The van der Waals surface area contributed by atoms with Gasteiger partial charge in [0.25, 0.3) is 0 Å². The molecule has 0 atom stereocenters. The lowest BCUT2D eigenvalue weighted by molar-refractivity contribution is 0.385. The average molecular weight is 256 g/mol. The molecule has 4 nitrogen and oxygen atoms in total. The van der Waals surface area contributed by atoms with Gasteiger partial charge in [0.05, 0.1) is 6.20 Å². The summed E-state index contributed by atoms with van der Waals surface area (Å²) in [4.78, 5) is 2.36. The summed E-state index contributed by atoms with van der Waals surface area (Å²) in [6.45, 7) is 2.93. The first-order valence-electron chi connectivity index (χ1n) is 7.04. The first-order valence-corrected chi connectivity index (χ1v) is 7.04. The molecule has 3 rings (SSSR count). The number of nitrogens with zero attached hydrogens (tertiary/aromatic N) is 3. The molecular weight excluding hydrogens is 236 g/mol. The summed E-state index contributed by atoms with van der Waals surface area (Å²) in [6, 6.07) is 8.33. The van der Waals surface area contributed by atoms with Gasteiger partial charge in [0, 0.05) is 23.9 Å². The monoisotopic (exact) mass is 256 g/mol. The Morgan fingerprint density at radius 3 is 2.79 bits per heavy atom. The molecule has 1 aromatic heterocycles. The second kappa shape index (κ2) is 5.53. The first kappa shape index (κ1) is 12.4. The van der Waals surface area contributed by atoms with Crippen LogP contribution < -0.4 is 10.6 Å². The van der Waals surface area contributed by atoms with Crippen molar-refractivity contribution in [1.29, 1.82) is 0 Å². The van der Waals surface area contributed by atoms with E-state index < -0.39 is 0 Å². The van der Waals surface area contributed by atoms with Crippen molar-refractivity contribution in [1.82, 2.24) is 10.2 Å². The van der Waals surface area contributed by atoms with Crippen molar-refractivity contribution in [3.63, 3.8) is 0 Å². The minimum absolute atomic E-state index is 0.782. The fraction of sp³-hybridized carbons (Fsp3) is 0.467. The number of aromatic nitrogens is 2.